The highest BCUT2D eigenvalue weighted by atomic mass is 19.4. The van der Waals surface area contributed by atoms with Gasteiger partial charge in [-0.25, -0.2) is 4.98 Å². The van der Waals surface area contributed by atoms with Gasteiger partial charge in [0.2, 0.25) is 0 Å². The van der Waals surface area contributed by atoms with E-state index in [9.17, 15) is 23.1 Å². The number of fused-ring (bicyclic) bond motifs is 1. The van der Waals surface area contributed by atoms with Gasteiger partial charge in [0.05, 0.1) is 23.5 Å². The summed E-state index contributed by atoms with van der Waals surface area (Å²) in [5.74, 6) is 0. The second-order valence-electron chi connectivity index (χ2n) is 6.45. The van der Waals surface area contributed by atoms with Crippen molar-refractivity contribution in [3.8, 4) is 6.07 Å². The summed E-state index contributed by atoms with van der Waals surface area (Å²) in [5, 5.41) is 24.4. The van der Waals surface area contributed by atoms with Gasteiger partial charge in [-0.15, -0.1) is 0 Å². The maximum absolute atomic E-state index is 13.1. The highest BCUT2D eigenvalue weighted by Gasteiger charge is 2.37. The zero-order valence-corrected chi connectivity index (χ0v) is 15.2. The van der Waals surface area contributed by atoms with Crippen molar-refractivity contribution in [1.82, 2.24) is 19.3 Å². The molecule has 0 saturated carbocycles. The Morgan fingerprint density at radius 2 is 1.96 bits per heavy atom. The average Bonchev–Trinajstić information content (AvgIpc) is 2.98. The maximum atomic E-state index is 13.1. The van der Waals surface area contributed by atoms with Crippen molar-refractivity contribution < 1.29 is 18.3 Å². The van der Waals surface area contributed by atoms with E-state index < -0.39 is 28.5 Å². The van der Waals surface area contributed by atoms with Crippen LogP contribution >= 0.6 is 0 Å². The van der Waals surface area contributed by atoms with E-state index >= 15 is 0 Å². The minimum absolute atomic E-state index is 0.0366. The van der Waals surface area contributed by atoms with Crippen LogP contribution in [0.4, 0.5) is 13.2 Å². The number of aromatic nitrogens is 4. The summed E-state index contributed by atoms with van der Waals surface area (Å²) >= 11 is 0. The Labute approximate surface area is 157 Å². The molecule has 1 aromatic carbocycles. The number of aryl methyl sites for hydroxylation is 2. The Morgan fingerprint density at radius 3 is 2.54 bits per heavy atom. The number of hydrogen-bond acceptors (Lipinski definition) is 5. The SMILES string of the molecule is CCn1cnc2c([C@](C)(O)c3ccc(C(F)(F)F)c(C#N)c3)n(C)nc2c1=O. The summed E-state index contributed by atoms with van der Waals surface area (Å²) in [6.45, 7) is 3.50. The number of hydrogen-bond donors (Lipinski definition) is 1. The number of nitrogens with zero attached hydrogens (tertiary/aromatic N) is 5. The van der Waals surface area contributed by atoms with Crippen molar-refractivity contribution in [2.24, 2.45) is 7.05 Å². The lowest BCUT2D eigenvalue weighted by atomic mass is 9.89. The molecule has 2 aromatic heterocycles. The molecule has 0 fully saturated rings. The van der Waals surface area contributed by atoms with Gasteiger partial charge < -0.3 is 5.11 Å². The Morgan fingerprint density at radius 1 is 1.29 bits per heavy atom. The first-order valence-electron chi connectivity index (χ1n) is 8.29. The highest BCUT2D eigenvalue weighted by Crippen LogP contribution is 2.37. The molecular formula is C18H16F3N5O2. The standard InChI is InChI=1S/C18H16F3N5O2/c1-4-26-9-23-13-14(16(26)27)24-25(3)15(13)17(2,28)11-5-6-12(18(19,20)21)10(7-11)8-22/h5-7,9,28H,4H2,1-3H3/t17-/m1/s1. The second-order valence-corrected chi connectivity index (χ2v) is 6.45. The van der Waals surface area contributed by atoms with E-state index in [4.69, 9.17) is 5.26 Å². The molecule has 28 heavy (non-hydrogen) atoms. The van der Waals surface area contributed by atoms with Gasteiger partial charge in [-0.05, 0) is 31.5 Å². The van der Waals surface area contributed by atoms with Crippen molar-refractivity contribution in [2.45, 2.75) is 32.2 Å². The van der Waals surface area contributed by atoms with Crippen LogP contribution in [0.3, 0.4) is 0 Å². The number of rotatable bonds is 3. The quantitative estimate of drug-likeness (QED) is 0.739. The summed E-state index contributed by atoms with van der Waals surface area (Å²) in [4.78, 5) is 16.6. The summed E-state index contributed by atoms with van der Waals surface area (Å²) in [6.07, 6.45) is -3.37. The zero-order valence-electron chi connectivity index (χ0n) is 15.2. The Bertz CT molecular complexity index is 1170. The fraction of sp³-hybridized carbons (Fsp3) is 0.333. The van der Waals surface area contributed by atoms with Crippen LogP contribution in [0.5, 0.6) is 0 Å². The van der Waals surface area contributed by atoms with Crippen LogP contribution in [0.15, 0.2) is 29.3 Å². The summed E-state index contributed by atoms with van der Waals surface area (Å²) < 4.78 is 41.8. The summed E-state index contributed by atoms with van der Waals surface area (Å²) in [5.41, 5.74) is -3.59. The Balaban J connectivity index is 2.24. The monoisotopic (exact) mass is 391 g/mol. The molecule has 0 spiro atoms. The molecule has 3 aromatic rings. The number of aliphatic hydroxyl groups is 1. The van der Waals surface area contributed by atoms with E-state index in [1.807, 2.05) is 0 Å². The number of alkyl halides is 3. The molecule has 0 aliphatic carbocycles. The molecule has 0 unspecified atom stereocenters. The molecule has 146 valence electrons. The number of halogens is 3. The predicted molar refractivity (Wildman–Crippen MR) is 93.3 cm³/mol. The van der Waals surface area contributed by atoms with E-state index in [0.717, 1.165) is 18.2 Å². The van der Waals surface area contributed by atoms with Crippen LogP contribution in [0, 0.1) is 11.3 Å². The van der Waals surface area contributed by atoms with Crippen LogP contribution in [0.1, 0.15) is 36.2 Å². The first-order chi connectivity index (χ1) is 13.0. The predicted octanol–water partition coefficient (Wildman–Crippen LogP) is 2.30. The third kappa shape index (κ3) is 2.93. The van der Waals surface area contributed by atoms with Gasteiger partial charge in [0.15, 0.2) is 5.52 Å². The van der Waals surface area contributed by atoms with Gasteiger partial charge in [0, 0.05) is 13.6 Å². The molecule has 2 heterocycles. The first-order valence-corrected chi connectivity index (χ1v) is 8.29. The topological polar surface area (TPSA) is 96.7 Å². The van der Waals surface area contributed by atoms with Crippen molar-refractivity contribution in [2.75, 3.05) is 0 Å². The van der Waals surface area contributed by atoms with Gasteiger partial charge in [-0.1, -0.05) is 6.07 Å². The lowest BCUT2D eigenvalue weighted by molar-refractivity contribution is -0.137. The van der Waals surface area contributed by atoms with Crippen molar-refractivity contribution in [3.05, 3.63) is 57.3 Å². The molecule has 1 N–H and O–H groups in total. The van der Waals surface area contributed by atoms with E-state index in [1.54, 1.807) is 6.92 Å². The Hall–Kier alpha value is -3.19. The molecule has 10 heteroatoms. The van der Waals surface area contributed by atoms with Gasteiger partial charge in [-0.2, -0.15) is 23.5 Å². The van der Waals surface area contributed by atoms with Crippen molar-refractivity contribution in [3.63, 3.8) is 0 Å². The van der Waals surface area contributed by atoms with E-state index in [1.165, 1.54) is 35.6 Å². The molecule has 0 radical (unpaired) electrons. The third-order valence-electron chi connectivity index (χ3n) is 4.62. The van der Waals surface area contributed by atoms with Gasteiger partial charge in [-0.3, -0.25) is 14.0 Å². The average molecular weight is 391 g/mol. The van der Waals surface area contributed by atoms with E-state index in [-0.39, 0.29) is 22.3 Å². The minimum atomic E-state index is -4.69. The van der Waals surface area contributed by atoms with Crippen molar-refractivity contribution in [1.29, 1.82) is 5.26 Å². The zero-order chi connectivity index (χ0) is 20.9. The smallest absolute Gasteiger partial charge is 0.379 e. The van der Waals surface area contributed by atoms with Crippen LogP contribution in [0.2, 0.25) is 0 Å². The lowest BCUT2D eigenvalue weighted by Crippen LogP contribution is -2.27. The minimum Gasteiger partial charge on any atom is -0.379 e. The van der Waals surface area contributed by atoms with Crippen LogP contribution in [0.25, 0.3) is 11.0 Å². The molecule has 0 bridgehead atoms. The fourth-order valence-electron chi connectivity index (χ4n) is 3.19. The van der Waals surface area contributed by atoms with E-state index in [0.29, 0.717) is 6.54 Å². The fourth-order valence-corrected chi connectivity index (χ4v) is 3.19. The van der Waals surface area contributed by atoms with Crippen LogP contribution in [-0.4, -0.2) is 24.4 Å². The summed E-state index contributed by atoms with van der Waals surface area (Å²) in [7, 11) is 1.50. The molecule has 7 nitrogen and oxygen atoms in total. The highest BCUT2D eigenvalue weighted by molar-refractivity contribution is 5.77. The van der Waals surface area contributed by atoms with Crippen LogP contribution < -0.4 is 5.56 Å². The third-order valence-corrected chi connectivity index (χ3v) is 4.62. The lowest BCUT2D eigenvalue weighted by Gasteiger charge is -2.25. The molecule has 0 amide bonds. The first kappa shape index (κ1) is 19.6. The summed E-state index contributed by atoms with van der Waals surface area (Å²) in [6, 6.07) is 4.34. The molecule has 0 aliphatic heterocycles. The molecule has 0 saturated heterocycles. The molecule has 0 aliphatic rings. The van der Waals surface area contributed by atoms with Gasteiger partial charge in [0.1, 0.15) is 16.8 Å². The normalized spacial score (nSPS) is 14.1. The second kappa shape index (κ2) is 6.45. The molecular weight excluding hydrogens is 375 g/mol. The van der Waals surface area contributed by atoms with Gasteiger partial charge >= 0.3 is 6.18 Å². The van der Waals surface area contributed by atoms with Crippen LogP contribution in [-0.2, 0) is 25.4 Å². The number of benzene rings is 1. The van der Waals surface area contributed by atoms with Gasteiger partial charge in [0.25, 0.3) is 5.56 Å². The molecule has 1 atom stereocenters. The van der Waals surface area contributed by atoms with E-state index in [2.05, 4.69) is 10.1 Å². The largest absolute Gasteiger partial charge is 0.417 e. The van der Waals surface area contributed by atoms with Crippen molar-refractivity contribution >= 4 is 11.0 Å². The Kier molecular flexibility index (Phi) is 4.51. The molecule has 3 rings (SSSR count). The maximum Gasteiger partial charge on any atom is 0.417 e. The number of nitriles is 1.